The van der Waals surface area contributed by atoms with Crippen LogP contribution in [0.15, 0.2) is 48.5 Å². The Morgan fingerprint density at radius 2 is 2.00 bits per heavy atom. The molecule has 4 nitrogen and oxygen atoms in total. The van der Waals surface area contributed by atoms with E-state index in [1.807, 2.05) is 37.3 Å². The fourth-order valence-corrected chi connectivity index (χ4v) is 3.56. The minimum Gasteiger partial charge on any atom is -0.484 e. The van der Waals surface area contributed by atoms with Gasteiger partial charge in [-0.25, -0.2) is 0 Å². The molecule has 1 aliphatic rings. The molecule has 0 bridgehead atoms. The molecule has 1 aromatic heterocycles. The molecule has 0 saturated heterocycles. The zero-order valence-electron chi connectivity index (χ0n) is 14.3. The van der Waals surface area contributed by atoms with Gasteiger partial charge in [0.05, 0.1) is 0 Å². The van der Waals surface area contributed by atoms with Crippen LogP contribution in [0.25, 0.3) is 10.9 Å². The first-order chi connectivity index (χ1) is 12.2. The summed E-state index contributed by atoms with van der Waals surface area (Å²) in [5.41, 5.74) is 5.00. The normalized spacial score (nSPS) is 16.4. The van der Waals surface area contributed by atoms with Crippen molar-refractivity contribution in [1.82, 2.24) is 10.3 Å². The number of aryl methyl sites for hydroxylation is 2. The zero-order chi connectivity index (χ0) is 17.2. The Labute approximate surface area is 147 Å². The third-order valence-electron chi connectivity index (χ3n) is 4.85. The van der Waals surface area contributed by atoms with Crippen molar-refractivity contribution in [2.24, 2.45) is 0 Å². The number of hydrogen-bond acceptors (Lipinski definition) is 2. The maximum absolute atomic E-state index is 12.2. The van der Waals surface area contributed by atoms with Crippen LogP contribution in [0.1, 0.15) is 23.2 Å². The van der Waals surface area contributed by atoms with Gasteiger partial charge in [0.25, 0.3) is 5.91 Å². The number of rotatable bonds is 4. The molecule has 3 aromatic rings. The lowest BCUT2D eigenvalue weighted by Gasteiger charge is -2.23. The molecule has 1 unspecified atom stereocenters. The number of hydrogen-bond donors (Lipinski definition) is 2. The first-order valence-corrected chi connectivity index (χ1v) is 8.76. The third-order valence-corrected chi connectivity index (χ3v) is 4.85. The summed E-state index contributed by atoms with van der Waals surface area (Å²) < 4.78 is 5.56. The van der Waals surface area contributed by atoms with E-state index in [0.717, 1.165) is 25.0 Å². The third kappa shape index (κ3) is 3.38. The largest absolute Gasteiger partial charge is 0.484 e. The number of fused-ring (bicyclic) bond motifs is 3. The molecule has 4 heteroatoms. The highest BCUT2D eigenvalue weighted by atomic mass is 16.5. The lowest BCUT2D eigenvalue weighted by atomic mass is 9.92. The van der Waals surface area contributed by atoms with Crippen molar-refractivity contribution < 1.29 is 9.53 Å². The summed E-state index contributed by atoms with van der Waals surface area (Å²) in [4.78, 5) is 15.7. The summed E-state index contributed by atoms with van der Waals surface area (Å²) in [6, 6.07) is 16.3. The number of carbonyl (C=O) groups excluding carboxylic acids is 1. The second-order valence-corrected chi connectivity index (χ2v) is 6.74. The molecular weight excluding hydrogens is 312 g/mol. The standard InChI is InChI=1S/C21H22N2O2/c1-14-6-9-16(10-7-14)25-13-21(24)22-15-8-11-18-17-4-2-3-5-19(17)23-20(18)12-15/h2-7,9-10,15,23H,8,11-13H2,1H3,(H,22,24). The van der Waals surface area contributed by atoms with Gasteiger partial charge in [-0.2, -0.15) is 0 Å². The van der Waals surface area contributed by atoms with E-state index >= 15 is 0 Å². The van der Waals surface area contributed by atoms with Crippen molar-refractivity contribution in [3.05, 3.63) is 65.4 Å². The van der Waals surface area contributed by atoms with Gasteiger partial charge in [0.2, 0.25) is 0 Å². The number of aromatic nitrogens is 1. The summed E-state index contributed by atoms with van der Waals surface area (Å²) in [5, 5.41) is 4.41. The second-order valence-electron chi connectivity index (χ2n) is 6.74. The van der Waals surface area contributed by atoms with E-state index < -0.39 is 0 Å². The fraction of sp³-hybridized carbons (Fsp3) is 0.286. The molecular formula is C21H22N2O2. The average Bonchev–Trinajstić information content (AvgIpc) is 2.99. The van der Waals surface area contributed by atoms with Crippen molar-refractivity contribution in [2.45, 2.75) is 32.2 Å². The van der Waals surface area contributed by atoms with Crippen molar-refractivity contribution in [2.75, 3.05) is 6.61 Å². The minimum absolute atomic E-state index is 0.0547. The van der Waals surface area contributed by atoms with Gasteiger partial charge >= 0.3 is 0 Å². The molecule has 25 heavy (non-hydrogen) atoms. The lowest BCUT2D eigenvalue weighted by molar-refractivity contribution is -0.123. The Morgan fingerprint density at radius 3 is 2.84 bits per heavy atom. The van der Waals surface area contributed by atoms with Crippen molar-refractivity contribution >= 4 is 16.8 Å². The highest BCUT2D eigenvalue weighted by molar-refractivity contribution is 5.85. The molecule has 2 aromatic carbocycles. The van der Waals surface area contributed by atoms with E-state index in [9.17, 15) is 4.79 Å². The number of aromatic amines is 1. The summed E-state index contributed by atoms with van der Waals surface area (Å²) in [6.45, 7) is 2.08. The SMILES string of the molecule is Cc1ccc(OCC(=O)NC2CCc3c([nH]c4ccccc34)C2)cc1. The van der Waals surface area contributed by atoms with Crippen LogP contribution in [0.2, 0.25) is 0 Å². The van der Waals surface area contributed by atoms with Crippen LogP contribution in [-0.4, -0.2) is 23.5 Å². The van der Waals surface area contributed by atoms with E-state index in [2.05, 4.69) is 28.5 Å². The molecule has 0 spiro atoms. The zero-order valence-corrected chi connectivity index (χ0v) is 14.3. The quantitative estimate of drug-likeness (QED) is 0.767. The van der Waals surface area contributed by atoms with Crippen LogP contribution in [0.5, 0.6) is 5.75 Å². The maximum atomic E-state index is 12.2. The van der Waals surface area contributed by atoms with E-state index in [1.54, 1.807) is 0 Å². The van der Waals surface area contributed by atoms with E-state index in [4.69, 9.17) is 4.74 Å². The summed E-state index contributed by atoms with van der Waals surface area (Å²) in [7, 11) is 0. The summed E-state index contributed by atoms with van der Waals surface area (Å²) >= 11 is 0. The minimum atomic E-state index is -0.0647. The van der Waals surface area contributed by atoms with Gasteiger partial charge in [-0.1, -0.05) is 35.9 Å². The van der Waals surface area contributed by atoms with Crippen LogP contribution < -0.4 is 10.1 Å². The van der Waals surface area contributed by atoms with Crippen molar-refractivity contribution in [1.29, 1.82) is 0 Å². The highest BCUT2D eigenvalue weighted by Gasteiger charge is 2.23. The van der Waals surface area contributed by atoms with Crippen LogP contribution in [0.3, 0.4) is 0 Å². The molecule has 0 saturated carbocycles. The van der Waals surface area contributed by atoms with Crippen molar-refractivity contribution in [3.8, 4) is 5.75 Å². The molecule has 0 radical (unpaired) electrons. The molecule has 0 fully saturated rings. The Balaban J connectivity index is 1.35. The van der Waals surface area contributed by atoms with Crippen LogP contribution in [-0.2, 0) is 17.6 Å². The van der Waals surface area contributed by atoms with E-state index in [1.165, 1.54) is 27.7 Å². The number of H-pyrrole nitrogens is 1. The topological polar surface area (TPSA) is 54.1 Å². The Morgan fingerprint density at radius 1 is 1.20 bits per heavy atom. The van der Waals surface area contributed by atoms with Gasteiger partial charge in [0.15, 0.2) is 6.61 Å². The van der Waals surface area contributed by atoms with Crippen LogP contribution >= 0.6 is 0 Å². The van der Waals surface area contributed by atoms with E-state index in [-0.39, 0.29) is 18.6 Å². The molecule has 1 amide bonds. The molecule has 0 aliphatic heterocycles. The number of benzene rings is 2. The first kappa shape index (κ1) is 15.8. The fourth-order valence-electron chi connectivity index (χ4n) is 3.56. The molecule has 128 valence electrons. The van der Waals surface area contributed by atoms with Gasteiger partial charge in [0.1, 0.15) is 5.75 Å². The van der Waals surface area contributed by atoms with Gasteiger partial charge in [-0.3, -0.25) is 4.79 Å². The highest BCUT2D eigenvalue weighted by Crippen LogP contribution is 2.29. The van der Waals surface area contributed by atoms with Gasteiger partial charge in [-0.15, -0.1) is 0 Å². The number of carbonyl (C=O) groups is 1. The Kier molecular flexibility index (Phi) is 4.18. The second kappa shape index (κ2) is 6.63. The summed E-state index contributed by atoms with van der Waals surface area (Å²) in [6.07, 6.45) is 2.80. The predicted molar refractivity (Wildman–Crippen MR) is 98.9 cm³/mol. The maximum Gasteiger partial charge on any atom is 0.258 e. The number of nitrogens with one attached hydrogen (secondary N) is 2. The van der Waals surface area contributed by atoms with Crippen LogP contribution in [0.4, 0.5) is 0 Å². The van der Waals surface area contributed by atoms with E-state index in [0.29, 0.717) is 0 Å². The lowest BCUT2D eigenvalue weighted by Crippen LogP contribution is -2.41. The monoisotopic (exact) mass is 334 g/mol. The smallest absolute Gasteiger partial charge is 0.258 e. The van der Waals surface area contributed by atoms with Gasteiger partial charge < -0.3 is 15.0 Å². The number of ether oxygens (including phenoxy) is 1. The number of amides is 1. The molecule has 1 aliphatic carbocycles. The first-order valence-electron chi connectivity index (χ1n) is 8.76. The molecule has 4 rings (SSSR count). The number of para-hydroxylation sites is 1. The van der Waals surface area contributed by atoms with Gasteiger partial charge in [-0.05, 0) is 43.5 Å². The molecule has 1 atom stereocenters. The summed E-state index contributed by atoms with van der Waals surface area (Å²) in [5.74, 6) is 0.660. The molecule has 2 N–H and O–H groups in total. The average molecular weight is 334 g/mol. The van der Waals surface area contributed by atoms with Crippen LogP contribution in [0, 0.1) is 6.92 Å². The van der Waals surface area contributed by atoms with Gasteiger partial charge in [0, 0.05) is 29.1 Å². The Bertz CT molecular complexity index is 896. The predicted octanol–water partition coefficient (Wildman–Crippen LogP) is 3.53. The van der Waals surface area contributed by atoms with Crippen molar-refractivity contribution in [3.63, 3.8) is 0 Å². The molecule has 1 heterocycles. The Hall–Kier alpha value is -2.75.